The van der Waals surface area contributed by atoms with E-state index >= 15 is 0 Å². The molecule has 23 heavy (non-hydrogen) atoms. The van der Waals surface area contributed by atoms with Crippen LogP contribution in [0.25, 0.3) is 0 Å². The van der Waals surface area contributed by atoms with E-state index in [-0.39, 0.29) is 10.6 Å². The molecular formula is C15H12Cl2N2O4. The van der Waals surface area contributed by atoms with Crippen LogP contribution in [0, 0.1) is 5.21 Å². The number of amides is 1. The number of nitrogens with zero attached hydrogens (tertiary/aromatic N) is 1. The molecule has 0 aliphatic rings. The molecular weight excluding hydrogens is 343 g/mol. The molecule has 0 radical (unpaired) electrons. The summed E-state index contributed by atoms with van der Waals surface area (Å²) in [5, 5.41) is 14.2. The van der Waals surface area contributed by atoms with Crippen LogP contribution in [0.2, 0.25) is 10.0 Å². The van der Waals surface area contributed by atoms with E-state index in [9.17, 15) is 14.8 Å². The van der Waals surface area contributed by atoms with E-state index in [4.69, 9.17) is 27.9 Å². The number of halogens is 2. The second-order valence-electron chi connectivity index (χ2n) is 4.61. The first-order valence-corrected chi connectivity index (χ1v) is 7.28. The lowest BCUT2D eigenvalue weighted by Crippen LogP contribution is -2.30. The van der Waals surface area contributed by atoms with E-state index < -0.39 is 18.0 Å². The Morgan fingerprint density at radius 1 is 1.22 bits per heavy atom. The third-order valence-corrected chi connectivity index (χ3v) is 3.43. The number of nitrogens with one attached hydrogen (secondary N) is 1. The summed E-state index contributed by atoms with van der Waals surface area (Å²) in [6.07, 6.45) is 1.28. The largest absolute Gasteiger partial charge is 0.619 e. The van der Waals surface area contributed by atoms with Gasteiger partial charge in [0.1, 0.15) is 0 Å². The van der Waals surface area contributed by atoms with Crippen LogP contribution in [-0.2, 0) is 9.53 Å². The lowest BCUT2D eigenvalue weighted by Gasteiger charge is -2.14. The van der Waals surface area contributed by atoms with Crippen LogP contribution in [0.1, 0.15) is 17.3 Å². The lowest BCUT2D eigenvalue weighted by molar-refractivity contribution is -0.605. The number of benzene rings is 1. The summed E-state index contributed by atoms with van der Waals surface area (Å²) in [6.45, 7) is 1.42. The van der Waals surface area contributed by atoms with Gasteiger partial charge in [0.25, 0.3) is 5.91 Å². The fraction of sp³-hybridized carbons (Fsp3) is 0.133. The number of carbonyl (C=O) groups is 2. The minimum Gasteiger partial charge on any atom is -0.619 e. The Hall–Kier alpha value is -2.31. The van der Waals surface area contributed by atoms with E-state index in [1.807, 2.05) is 0 Å². The van der Waals surface area contributed by atoms with E-state index in [2.05, 4.69) is 5.32 Å². The first kappa shape index (κ1) is 17.1. The van der Waals surface area contributed by atoms with Gasteiger partial charge in [-0.1, -0.05) is 23.2 Å². The topological polar surface area (TPSA) is 82.3 Å². The number of hydrogen-bond donors (Lipinski definition) is 1. The van der Waals surface area contributed by atoms with Crippen molar-refractivity contribution in [3.63, 3.8) is 0 Å². The number of carbonyl (C=O) groups excluding carboxylic acids is 2. The highest BCUT2D eigenvalue weighted by Gasteiger charge is 2.20. The first-order chi connectivity index (χ1) is 10.9. The minimum absolute atomic E-state index is 0.168. The van der Waals surface area contributed by atoms with Gasteiger partial charge in [-0.25, -0.2) is 4.79 Å². The van der Waals surface area contributed by atoms with E-state index in [0.29, 0.717) is 15.4 Å². The van der Waals surface area contributed by atoms with Crippen LogP contribution in [0.5, 0.6) is 0 Å². The molecule has 1 amide bonds. The van der Waals surface area contributed by atoms with Crippen LogP contribution in [0.4, 0.5) is 5.69 Å². The molecule has 0 aliphatic carbocycles. The van der Waals surface area contributed by atoms with Gasteiger partial charge in [0.05, 0.1) is 16.3 Å². The van der Waals surface area contributed by atoms with Crippen molar-refractivity contribution in [2.45, 2.75) is 13.0 Å². The number of ether oxygens (including phenoxy) is 1. The molecule has 6 nitrogen and oxygen atoms in total. The van der Waals surface area contributed by atoms with Crippen molar-refractivity contribution in [1.29, 1.82) is 0 Å². The smallest absolute Gasteiger partial charge is 0.339 e. The first-order valence-electron chi connectivity index (χ1n) is 6.52. The molecule has 0 saturated carbocycles. The molecule has 1 heterocycles. The number of rotatable bonds is 4. The van der Waals surface area contributed by atoms with Crippen molar-refractivity contribution in [2.75, 3.05) is 5.32 Å². The van der Waals surface area contributed by atoms with Crippen LogP contribution < -0.4 is 10.0 Å². The van der Waals surface area contributed by atoms with Gasteiger partial charge in [0.2, 0.25) is 0 Å². The number of pyridine rings is 1. The van der Waals surface area contributed by atoms with Crippen molar-refractivity contribution in [3.05, 3.63) is 63.5 Å². The van der Waals surface area contributed by atoms with Crippen molar-refractivity contribution < 1.29 is 19.1 Å². The van der Waals surface area contributed by atoms with Crippen LogP contribution in [0.3, 0.4) is 0 Å². The van der Waals surface area contributed by atoms with Gasteiger partial charge in [-0.3, -0.25) is 4.79 Å². The quantitative estimate of drug-likeness (QED) is 0.519. The van der Waals surface area contributed by atoms with E-state index in [0.717, 1.165) is 12.4 Å². The average Bonchev–Trinajstić information content (AvgIpc) is 2.50. The van der Waals surface area contributed by atoms with Crippen LogP contribution >= 0.6 is 23.2 Å². The summed E-state index contributed by atoms with van der Waals surface area (Å²) in [5.41, 5.74) is 0.525. The molecule has 120 valence electrons. The minimum atomic E-state index is -1.05. The molecule has 8 heteroatoms. The number of anilines is 1. The number of aromatic nitrogens is 1. The fourth-order valence-corrected chi connectivity index (χ4v) is 2.11. The molecule has 0 aliphatic heterocycles. The summed E-state index contributed by atoms with van der Waals surface area (Å²) < 4.78 is 5.58. The maximum absolute atomic E-state index is 12.0. The van der Waals surface area contributed by atoms with E-state index in [1.165, 1.54) is 25.1 Å². The summed E-state index contributed by atoms with van der Waals surface area (Å²) in [6, 6.07) is 7.20. The molecule has 1 aromatic carbocycles. The molecule has 1 N–H and O–H groups in total. The highest BCUT2D eigenvalue weighted by molar-refractivity contribution is 6.36. The average molecular weight is 355 g/mol. The summed E-state index contributed by atoms with van der Waals surface area (Å²) in [7, 11) is 0. The molecule has 0 saturated heterocycles. The monoisotopic (exact) mass is 354 g/mol. The third-order valence-electron chi connectivity index (χ3n) is 2.88. The van der Waals surface area contributed by atoms with Gasteiger partial charge in [-0.05, 0) is 25.1 Å². The summed E-state index contributed by atoms with van der Waals surface area (Å²) in [4.78, 5) is 23.9. The Morgan fingerprint density at radius 3 is 2.48 bits per heavy atom. The van der Waals surface area contributed by atoms with Crippen molar-refractivity contribution in [3.8, 4) is 0 Å². The van der Waals surface area contributed by atoms with Gasteiger partial charge in [0.15, 0.2) is 18.5 Å². The van der Waals surface area contributed by atoms with E-state index in [1.54, 1.807) is 12.1 Å². The fourth-order valence-electron chi connectivity index (χ4n) is 1.66. The predicted molar refractivity (Wildman–Crippen MR) is 85.4 cm³/mol. The number of hydrogen-bond acceptors (Lipinski definition) is 4. The Bertz CT molecular complexity index is 735. The van der Waals surface area contributed by atoms with Gasteiger partial charge in [-0.2, -0.15) is 4.73 Å². The highest BCUT2D eigenvalue weighted by atomic mass is 35.5. The van der Waals surface area contributed by atoms with Crippen LogP contribution in [0.15, 0.2) is 42.7 Å². The zero-order valence-corrected chi connectivity index (χ0v) is 13.5. The molecule has 0 fully saturated rings. The summed E-state index contributed by atoms with van der Waals surface area (Å²) >= 11 is 11.7. The standard InChI is InChI=1S/C15H12Cl2N2O4/c1-9(23-15(21)10-4-6-19(22)7-5-10)14(20)18-13-3-2-11(16)8-12(13)17/h2-9H,1H3,(H,18,20)/t9-/m0/s1. The maximum atomic E-state index is 12.0. The molecule has 0 unspecified atom stereocenters. The molecule has 0 spiro atoms. The Morgan fingerprint density at radius 2 is 1.87 bits per heavy atom. The van der Waals surface area contributed by atoms with Crippen LogP contribution in [-0.4, -0.2) is 18.0 Å². The zero-order valence-electron chi connectivity index (χ0n) is 12.0. The lowest BCUT2D eigenvalue weighted by atomic mass is 10.2. The predicted octanol–water partition coefficient (Wildman–Crippen LogP) is 2.81. The Balaban J connectivity index is 1.99. The zero-order chi connectivity index (χ0) is 17.0. The molecule has 0 bridgehead atoms. The molecule has 2 aromatic rings. The molecule has 2 rings (SSSR count). The SMILES string of the molecule is C[C@H](OC(=O)c1cc[n+]([O-])cc1)C(=O)Nc1ccc(Cl)cc1Cl. The second-order valence-corrected chi connectivity index (χ2v) is 5.45. The number of esters is 1. The molecule has 1 atom stereocenters. The van der Waals surface area contributed by atoms with Gasteiger partial charge in [-0.15, -0.1) is 0 Å². The van der Waals surface area contributed by atoms with Crippen molar-refractivity contribution >= 4 is 40.8 Å². The van der Waals surface area contributed by atoms with Gasteiger partial charge < -0.3 is 15.3 Å². The van der Waals surface area contributed by atoms with Gasteiger partial charge in [0, 0.05) is 17.2 Å². The van der Waals surface area contributed by atoms with Gasteiger partial charge >= 0.3 is 5.97 Å². The highest BCUT2D eigenvalue weighted by Crippen LogP contribution is 2.25. The van der Waals surface area contributed by atoms with Crippen molar-refractivity contribution in [1.82, 2.24) is 0 Å². The Kier molecular flexibility index (Phi) is 5.41. The Labute approximate surface area is 142 Å². The molecule has 1 aromatic heterocycles. The maximum Gasteiger partial charge on any atom is 0.339 e. The van der Waals surface area contributed by atoms with Crippen molar-refractivity contribution in [2.24, 2.45) is 0 Å². The second kappa shape index (κ2) is 7.30. The summed E-state index contributed by atoms with van der Waals surface area (Å²) in [5.74, 6) is -1.26. The third kappa shape index (κ3) is 4.58. The normalized spacial score (nSPS) is 11.6.